The number of hydrogen-bond acceptors (Lipinski definition) is 4. The zero-order chi connectivity index (χ0) is 13.8. The normalized spacial score (nSPS) is 10.7. The maximum atomic E-state index is 4.59. The van der Waals surface area contributed by atoms with Gasteiger partial charge in [0.25, 0.3) is 0 Å². The molecule has 0 radical (unpaired) electrons. The first-order valence-electron chi connectivity index (χ1n) is 6.27. The Balaban J connectivity index is 2.39. The van der Waals surface area contributed by atoms with Gasteiger partial charge in [0.2, 0.25) is 0 Å². The Morgan fingerprint density at radius 1 is 1.16 bits per heavy atom. The van der Waals surface area contributed by atoms with Crippen molar-refractivity contribution in [2.75, 3.05) is 6.54 Å². The molecule has 0 spiro atoms. The summed E-state index contributed by atoms with van der Waals surface area (Å²) in [6.07, 6.45) is 3.53. The molecule has 0 unspecified atom stereocenters. The van der Waals surface area contributed by atoms with Crippen molar-refractivity contribution in [2.24, 2.45) is 0 Å². The second kappa shape index (κ2) is 6.21. The lowest BCUT2D eigenvalue weighted by Crippen LogP contribution is -2.15. The Hall–Kier alpha value is -1.33. The number of nitrogens with zero attached hydrogens (tertiary/aromatic N) is 3. The van der Waals surface area contributed by atoms with Crippen LogP contribution in [0.2, 0.25) is 0 Å². The van der Waals surface area contributed by atoms with Crippen LogP contribution in [0.15, 0.2) is 22.9 Å². The van der Waals surface area contributed by atoms with Crippen LogP contribution in [0.4, 0.5) is 0 Å². The van der Waals surface area contributed by atoms with E-state index in [0.717, 1.165) is 40.3 Å². The summed E-state index contributed by atoms with van der Waals surface area (Å²) < 4.78 is 0.931. The quantitative estimate of drug-likeness (QED) is 0.940. The third-order valence-electron chi connectivity index (χ3n) is 2.94. The van der Waals surface area contributed by atoms with Crippen LogP contribution in [0.25, 0.3) is 11.4 Å². The molecule has 0 atom stereocenters. The third-order valence-corrected chi connectivity index (χ3v) is 3.37. The van der Waals surface area contributed by atoms with Gasteiger partial charge in [-0.15, -0.1) is 0 Å². The van der Waals surface area contributed by atoms with Gasteiger partial charge in [-0.2, -0.15) is 0 Å². The van der Waals surface area contributed by atoms with Gasteiger partial charge in [-0.05, 0) is 42.4 Å². The van der Waals surface area contributed by atoms with Crippen molar-refractivity contribution in [3.05, 3.63) is 39.9 Å². The van der Waals surface area contributed by atoms with Crippen LogP contribution in [-0.4, -0.2) is 21.5 Å². The molecule has 2 aromatic rings. The number of nitrogens with one attached hydrogen (secondary N) is 1. The van der Waals surface area contributed by atoms with E-state index in [2.05, 4.69) is 43.1 Å². The molecule has 0 aliphatic carbocycles. The SMILES string of the molecule is CCNCc1c(C)nc(-c2cncc(Br)c2)nc1C. The molecule has 0 bridgehead atoms. The number of aryl methyl sites for hydroxylation is 2. The fraction of sp³-hybridized carbons (Fsp3) is 0.357. The van der Waals surface area contributed by atoms with E-state index >= 15 is 0 Å². The number of hydrogen-bond donors (Lipinski definition) is 1. The number of halogens is 1. The van der Waals surface area contributed by atoms with Crippen LogP contribution in [0.3, 0.4) is 0 Å². The van der Waals surface area contributed by atoms with E-state index in [9.17, 15) is 0 Å². The van der Waals surface area contributed by atoms with Gasteiger partial charge in [-0.1, -0.05) is 6.92 Å². The molecule has 2 aromatic heterocycles. The van der Waals surface area contributed by atoms with E-state index in [1.165, 1.54) is 5.56 Å². The highest BCUT2D eigenvalue weighted by atomic mass is 79.9. The second-order valence-electron chi connectivity index (χ2n) is 4.37. The lowest BCUT2D eigenvalue weighted by Gasteiger charge is -2.11. The molecule has 0 saturated carbocycles. The topological polar surface area (TPSA) is 50.7 Å². The molecule has 0 aromatic carbocycles. The summed E-state index contributed by atoms with van der Waals surface area (Å²) in [5.74, 6) is 0.726. The molecule has 0 saturated heterocycles. The average molecular weight is 321 g/mol. The molecular formula is C14H17BrN4. The number of rotatable bonds is 4. The van der Waals surface area contributed by atoms with Gasteiger partial charge in [0.15, 0.2) is 5.82 Å². The Morgan fingerprint density at radius 3 is 2.42 bits per heavy atom. The highest BCUT2D eigenvalue weighted by Crippen LogP contribution is 2.20. The van der Waals surface area contributed by atoms with Gasteiger partial charge in [-0.25, -0.2) is 9.97 Å². The highest BCUT2D eigenvalue weighted by molar-refractivity contribution is 9.10. The van der Waals surface area contributed by atoms with Crippen LogP contribution in [0, 0.1) is 13.8 Å². The standard InChI is InChI=1S/C14H17BrN4/c1-4-16-8-13-9(2)18-14(19-10(13)3)11-5-12(15)7-17-6-11/h5-7,16H,4,8H2,1-3H3. The third kappa shape index (κ3) is 3.36. The van der Waals surface area contributed by atoms with Crippen LogP contribution in [0.1, 0.15) is 23.9 Å². The number of pyridine rings is 1. The molecule has 0 fully saturated rings. The van der Waals surface area contributed by atoms with Crippen molar-refractivity contribution < 1.29 is 0 Å². The highest BCUT2D eigenvalue weighted by Gasteiger charge is 2.10. The van der Waals surface area contributed by atoms with Crippen LogP contribution in [0.5, 0.6) is 0 Å². The van der Waals surface area contributed by atoms with E-state index < -0.39 is 0 Å². The fourth-order valence-electron chi connectivity index (χ4n) is 1.91. The minimum atomic E-state index is 0.726. The first-order chi connectivity index (χ1) is 9.11. The predicted molar refractivity (Wildman–Crippen MR) is 79.8 cm³/mol. The van der Waals surface area contributed by atoms with Gasteiger partial charge in [0.1, 0.15) is 0 Å². The van der Waals surface area contributed by atoms with Crippen LogP contribution in [-0.2, 0) is 6.54 Å². The minimum Gasteiger partial charge on any atom is -0.313 e. The molecule has 5 heteroatoms. The lowest BCUT2D eigenvalue weighted by molar-refractivity contribution is 0.711. The monoisotopic (exact) mass is 320 g/mol. The molecule has 0 amide bonds. The molecule has 1 N–H and O–H groups in total. The Kier molecular flexibility index (Phi) is 4.61. The van der Waals surface area contributed by atoms with E-state index in [1.54, 1.807) is 12.4 Å². The fourth-order valence-corrected chi connectivity index (χ4v) is 2.27. The van der Waals surface area contributed by atoms with E-state index in [0.29, 0.717) is 0 Å². The summed E-state index contributed by atoms with van der Waals surface area (Å²) in [4.78, 5) is 13.3. The maximum absolute atomic E-state index is 4.59. The molecule has 0 aliphatic heterocycles. The van der Waals surface area contributed by atoms with E-state index in [1.807, 2.05) is 19.9 Å². The Labute approximate surface area is 121 Å². The van der Waals surface area contributed by atoms with E-state index in [4.69, 9.17) is 0 Å². The summed E-state index contributed by atoms with van der Waals surface area (Å²) in [7, 11) is 0. The van der Waals surface area contributed by atoms with Crippen molar-refractivity contribution in [3.63, 3.8) is 0 Å². The Morgan fingerprint density at radius 2 is 1.84 bits per heavy atom. The summed E-state index contributed by atoms with van der Waals surface area (Å²) in [6, 6.07) is 1.98. The smallest absolute Gasteiger partial charge is 0.161 e. The molecule has 100 valence electrons. The first-order valence-corrected chi connectivity index (χ1v) is 7.07. The van der Waals surface area contributed by atoms with Crippen molar-refractivity contribution in [1.82, 2.24) is 20.3 Å². The summed E-state index contributed by atoms with van der Waals surface area (Å²) in [5, 5.41) is 3.31. The second-order valence-corrected chi connectivity index (χ2v) is 5.28. The summed E-state index contributed by atoms with van der Waals surface area (Å²) >= 11 is 3.42. The zero-order valence-corrected chi connectivity index (χ0v) is 13.0. The largest absolute Gasteiger partial charge is 0.313 e. The van der Waals surface area contributed by atoms with Gasteiger partial charge in [0.05, 0.1) is 0 Å². The maximum Gasteiger partial charge on any atom is 0.161 e. The molecule has 4 nitrogen and oxygen atoms in total. The first kappa shape index (κ1) is 14.1. The van der Waals surface area contributed by atoms with Crippen LogP contribution < -0.4 is 5.32 Å². The van der Waals surface area contributed by atoms with Crippen molar-refractivity contribution in [1.29, 1.82) is 0 Å². The van der Waals surface area contributed by atoms with Gasteiger partial charge in [0, 0.05) is 45.9 Å². The van der Waals surface area contributed by atoms with E-state index in [-0.39, 0.29) is 0 Å². The predicted octanol–water partition coefficient (Wildman–Crippen LogP) is 3.03. The Bertz CT molecular complexity index is 560. The van der Waals surface area contributed by atoms with Gasteiger partial charge in [-0.3, -0.25) is 4.98 Å². The molecule has 0 aliphatic rings. The molecule has 2 rings (SSSR count). The number of aromatic nitrogens is 3. The molecule has 19 heavy (non-hydrogen) atoms. The zero-order valence-electron chi connectivity index (χ0n) is 11.4. The van der Waals surface area contributed by atoms with Gasteiger partial charge < -0.3 is 5.32 Å². The summed E-state index contributed by atoms with van der Waals surface area (Å²) in [5.41, 5.74) is 4.14. The van der Waals surface area contributed by atoms with Crippen LogP contribution >= 0.6 is 15.9 Å². The van der Waals surface area contributed by atoms with Gasteiger partial charge >= 0.3 is 0 Å². The summed E-state index contributed by atoms with van der Waals surface area (Å²) in [6.45, 7) is 7.89. The van der Waals surface area contributed by atoms with Crippen molar-refractivity contribution in [3.8, 4) is 11.4 Å². The van der Waals surface area contributed by atoms with Crippen molar-refractivity contribution in [2.45, 2.75) is 27.3 Å². The van der Waals surface area contributed by atoms with Crippen molar-refractivity contribution >= 4 is 15.9 Å². The molecule has 2 heterocycles. The average Bonchev–Trinajstić information content (AvgIpc) is 2.37. The minimum absolute atomic E-state index is 0.726. The lowest BCUT2D eigenvalue weighted by atomic mass is 10.1. The molecular weight excluding hydrogens is 304 g/mol.